The van der Waals surface area contributed by atoms with Gasteiger partial charge in [0, 0.05) is 0 Å². The van der Waals surface area contributed by atoms with Gasteiger partial charge in [-0.2, -0.15) is 0 Å². The normalized spacial score (nSPS) is 10.4. The Balaban J connectivity index is 2.39. The topological polar surface area (TPSA) is 44.1 Å². The lowest BCUT2D eigenvalue weighted by molar-refractivity contribution is 0.401. The monoisotopic (exact) mass is 264 g/mol. The minimum absolute atomic E-state index is 0.0758. The van der Waals surface area contributed by atoms with Crippen LogP contribution in [0.5, 0.6) is 5.75 Å². The molecule has 0 aliphatic rings. The Morgan fingerprint density at radius 2 is 2.22 bits per heavy atom. The van der Waals surface area contributed by atoms with Gasteiger partial charge in [0.25, 0.3) is 5.56 Å². The van der Waals surface area contributed by atoms with Crippen LogP contribution in [0, 0.1) is 6.92 Å². The molecule has 0 atom stereocenters. The Hall–Kier alpha value is -1.81. The van der Waals surface area contributed by atoms with E-state index in [0.29, 0.717) is 6.54 Å². The fourth-order valence-electron chi connectivity index (χ4n) is 1.74. The van der Waals surface area contributed by atoms with Gasteiger partial charge in [-0.25, -0.2) is 4.98 Å². The van der Waals surface area contributed by atoms with Gasteiger partial charge in [0.15, 0.2) is 5.15 Å². The lowest BCUT2D eigenvalue weighted by Crippen LogP contribution is -2.22. The quantitative estimate of drug-likeness (QED) is 0.799. The molecule has 94 valence electrons. The zero-order chi connectivity index (χ0) is 13.1. The van der Waals surface area contributed by atoms with Crippen LogP contribution in [0.2, 0.25) is 5.15 Å². The van der Waals surface area contributed by atoms with Crippen LogP contribution in [-0.4, -0.2) is 16.7 Å². The predicted molar refractivity (Wildman–Crippen MR) is 70.3 cm³/mol. The zero-order valence-corrected chi connectivity index (χ0v) is 10.9. The van der Waals surface area contributed by atoms with E-state index < -0.39 is 0 Å². The van der Waals surface area contributed by atoms with Crippen LogP contribution in [0.25, 0.3) is 0 Å². The summed E-state index contributed by atoms with van der Waals surface area (Å²) in [6.45, 7) is 2.45. The van der Waals surface area contributed by atoms with Crippen molar-refractivity contribution in [2.45, 2.75) is 13.5 Å². The molecule has 0 N–H and O–H groups in total. The lowest BCUT2D eigenvalue weighted by Gasteiger charge is -2.08. The molecule has 1 heterocycles. The molecular formula is C13H13ClN2O2. The Morgan fingerprint density at radius 1 is 1.44 bits per heavy atom. The van der Waals surface area contributed by atoms with Crippen molar-refractivity contribution >= 4 is 11.6 Å². The second kappa shape index (κ2) is 5.23. The van der Waals surface area contributed by atoms with Crippen LogP contribution >= 0.6 is 11.6 Å². The number of benzene rings is 1. The molecule has 0 unspecified atom stereocenters. The molecule has 4 nitrogen and oxygen atoms in total. The Bertz CT molecular complexity index is 623. The third-order valence-corrected chi connectivity index (χ3v) is 2.86. The van der Waals surface area contributed by atoms with Gasteiger partial charge < -0.3 is 4.74 Å². The lowest BCUT2D eigenvalue weighted by atomic mass is 10.1. The summed E-state index contributed by atoms with van der Waals surface area (Å²) in [6.07, 6.45) is 1.43. The average molecular weight is 265 g/mol. The van der Waals surface area contributed by atoms with Gasteiger partial charge >= 0.3 is 0 Å². The molecule has 2 aromatic rings. The first-order valence-corrected chi connectivity index (χ1v) is 5.84. The van der Waals surface area contributed by atoms with E-state index >= 15 is 0 Å². The minimum atomic E-state index is -0.279. The molecule has 0 aliphatic heterocycles. The molecule has 0 fully saturated rings. The number of ether oxygens (including phenoxy) is 1. The third-order valence-electron chi connectivity index (χ3n) is 2.59. The van der Waals surface area contributed by atoms with Gasteiger partial charge in [0.1, 0.15) is 0 Å². The van der Waals surface area contributed by atoms with Crippen molar-refractivity contribution in [3.63, 3.8) is 0 Å². The maximum atomic E-state index is 12.0. The summed E-state index contributed by atoms with van der Waals surface area (Å²) in [4.78, 5) is 16.0. The largest absolute Gasteiger partial charge is 0.489 e. The number of aromatic nitrogens is 2. The number of aryl methyl sites for hydroxylation is 1. The molecule has 0 saturated carbocycles. The SMILES string of the molecule is COc1c(Cl)ncn(Cc2cccc(C)c2)c1=O. The van der Waals surface area contributed by atoms with Crippen molar-refractivity contribution < 1.29 is 4.74 Å². The van der Waals surface area contributed by atoms with Crippen molar-refractivity contribution in [3.8, 4) is 5.75 Å². The zero-order valence-electron chi connectivity index (χ0n) is 10.2. The first-order chi connectivity index (χ1) is 8.61. The van der Waals surface area contributed by atoms with Crippen LogP contribution in [-0.2, 0) is 6.54 Å². The highest BCUT2D eigenvalue weighted by atomic mass is 35.5. The molecule has 2 rings (SSSR count). The van der Waals surface area contributed by atoms with Gasteiger partial charge in [0.2, 0.25) is 5.75 Å². The van der Waals surface area contributed by atoms with Crippen LogP contribution in [0.15, 0.2) is 35.4 Å². The molecule has 0 radical (unpaired) electrons. The van der Waals surface area contributed by atoms with Gasteiger partial charge in [-0.3, -0.25) is 9.36 Å². The molecule has 0 bridgehead atoms. The fourth-order valence-corrected chi connectivity index (χ4v) is 1.94. The Labute approximate surface area is 110 Å². The van der Waals surface area contributed by atoms with Crippen molar-refractivity contribution in [1.29, 1.82) is 0 Å². The summed E-state index contributed by atoms with van der Waals surface area (Å²) in [7, 11) is 1.40. The highest BCUT2D eigenvalue weighted by molar-refractivity contribution is 6.30. The number of hydrogen-bond donors (Lipinski definition) is 0. The van der Waals surface area contributed by atoms with Crippen LogP contribution in [0.4, 0.5) is 0 Å². The van der Waals surface area contributed by atoms with E-state index in [1.807, 2.05) is 31.2 Å². The molecule has 18 heavy (non-hydrogen) atoms. The maximum Gasteiger partial charge on any atom is 0.297 e. The molecule has 5 heteroatoms. The fraction of sp³-hybridized carbons (Fsp3) is 0.231. The number of nitrogens with zero attached hydrogens (tertiary/aromatic N) is 2. The smallest absolute Gasteiger partial charge is 0.297 e. The molecule has 0 aliphatic carbocycles. The van der Waals surface area contributed by atoms with Crippen molar-refractivity contribution in [2.75, 3.05) is 7.11 Å². The van der Waals surface area contributed by atoms with E-state index in [0.717, 1.165) is 11.1 Å². The van der Waals surface area contributed by atoms with E-state index in [1.165, 1.54) is 18.0 Å². The van der Waals surface area contributed by atoms with Gasteiger partial charge in [-0.15, -0.1) is 0 Å². The maximum absolute atomic E-state index is 12.0. The molecular weight excluding hydrogens is 252 g/mol. The van der Waals surface area contributed by atoms with Gasteiger partial charge in [0.05, 0.1) is 20.0 Å². The Morgan fingerprint density at radius 3 is 2.89 bits per heavy atom. The van der Waals surface area contributed by atoms with E-state index in [2.05, 4.69) is 4.98 Å². The first-order valence-electron chi connectivity index (χ1n) is 5.46. The summed E-state index contributed by atoms with van der Waals surface area (Å²) in [5, 5.41) is 0.0861. The van der Waals surface area contributed by atoms with Gasteiger partial charge in [-0.05, 0) is 12.5 Å². The van der Waals surface area contributed by atoms with Crippen LogP contribution in [0.3, 0.4) is 0 Å². The molecule has 1 aromatic heterocycles. The van der Waals surface area contributed by atoms with Crippen LogP contribution < -0.4 is 10.3 Å². The van der Waals surface area contributed by atoms with E-state index in [1.54, 1.807) is 0 Å². The number of rotatable bonds is 3. The summed E-state index contributed by atoms with van der Waals surface area (Å²) in [6, 6.07) is 7.94. The standard InChI is InChI=1S/C13H13ClN2O2/c1-9-4-3-5-10(6-9)7-16-8-15-12(14)11(18-2)13(16)17/h3-6,8H,7H2,1-2H3. The van der Waals surface area contributed by atoms with E-state index in [4.69, 9.17) is 16.3 Å². The average Bonchev–Trinajstić information content (AvgIpc) is 2.34. The molecule has 0 spiro atoms. The molecule has 1 aromatic carbocycles. The molecule has 0 saturated heterocycles. The number of methoxy groups -OCH3 is 1. The van der Waals surface area contributed by atoms with Crippen molar-refractivity contribution in [1.82, 2.24) is 9.55 Å². The van der Waals surface area contributed by atoms with Crippen molar-refractivity contribution in [2.24, 2.45) is 0 Å². The van der Waals surface area contributed by atoms with E-state index in [-0.39, 0.29) is 16.5 Å². The highest BCUT2D eigenvalue weighted by Crippen LogP contribution is 2.15. The molecule has 0 amide bonds. The first kappa shape index (κ1) is 12.6. The minimum Gasteiger partial charge on any atom is -0.489 e. The number of hydrogen-bond acceptors (Lipinski definition) is 3. The van der Waals surface area contributed by atoms with E-state index in [9.17, 15) is 4.79 Å². The predicted octanol–water partition coefficient (Wildman–Crippen LogP) is 2.26. The van der Waals surface area contributed by atoms with Gasteiger partial charge in [-0.1, -0.05) is 41.4 Å². The summed E-state index contributed by atoms with van der Waals surface area (Å²) in [5.41, 5.74) is 1.90. The third kappa shape index (κ3) is 2.54. The number of halogens is 1. The Kier molecular flexibility index (Phi) is 3.67. The van der Waals surface area contributed by atoms with Crippen molar-refractivity contribution in [3.05, 3.63) is 57.2 Å². The second-order valence-electron chi connectivity index (χ2n) is 3.99. The summed E-state index contributed by atoms with van der Waals surface area (Å²) in [5.74, 6) is 0.0758. The highest BCUT2D eigenvalue weighted by Gasteiger charge is 2.10. The summed E-state index contributed by atoms with van der Waals surface area (Å²) >= 11 is 5.78. The summed E-state index contributed by atoms with van der Waals surface area (Å²) < 4.78 is 6.42. The second-order valence-corrected chi connectivity index (χ2v) is 4.35. The van der Waals surface area contributed by atoms with Crippen LogP contribution in [0.1, 0.15) is 11.1 Å².